The van der Waals surface area contributed by atoms with Crippen LogP contribution in [-0.2, 0) is 9.59 Å². The highest BCUT2D eigenvalue weighted by Crippen LogP contribution is 2.33. The van der Waals surface area contributed by atoms with E-state index in [1.54, 1.807) is 48.8 Å². The zero-order valence-electron chi connectivity index (χ0n) is 36.0. The van der Waals surface area contributed by atoms with Crippen LogP contribution in [0.4, 0.5) is 49.6 Å². The number of likely N-dealkylation sites (N-methyl/N-ethyl adjacent to an activating group) is 1. The molecule has 8 rings (SSSR count). The number of hydrogen-bond donors (Lipinski definition) is 3. The molecule has 2 aliphatic heterocycles. The van der Waals surface area contributed by atoms with Crippen LogP contribution in [0.3, 0.4) is 0 Å². The topological polar surface area (TPSA) is 168 Å². The lowest BCUT2D eigenvalue weighted by Gasteiger charge is -2.27. The largest absolute Gasteiger partial charge is 0.573 e. The Morgan fingerprint density at radius 2 is 1.10 bits per heavy atom. The molecule has 4 heterocycles. The molecule has 68 heavy (non-hydrogen) atoms. The minimum absolute atomic E-state index is 0.0497. The van der Waals surface area contributed by atoms with Gasteiger partial charge in [0, 0.05) is 92.5 Å². The van der Waals surface area contributed by atoms with E-state index in [2.05, 4.69) is 67.1 Å². The van der Waals surface area contributed by atoms with Crippen molar-refractivity contribution in [1.29, 1.82) is 0 Å². The number of aromatic nitrogens is 4. The van der Waals surface area contributed by atoms with Crippen molar-refractivity contribution in [2.45, 2.75) is 19.1 Å². The van der Waals surface area contributed by atoms with E-state index in [0.29, 0.717) is 23.3 Å². The van der Waals surface area contributed by atoms with Gasteiger partial charge in [-0.15, -0.1) is 26.3 Å². The summed E-state index contributed by atoms with van der Waals surface area (Å²) in [7, 11) is 2.10. The lowest BCUT2D eigenvalue weighted by Crippen LogP contribution is -2.44. The summed E-state index contributed by atoms with van der Waals surface area (Å²) in [6.45, 7) is 6.39. The third-order valence-corrected chi connectivity index (χ3v) is 10.7. The number of amides is 2. The number of carbonyl (C=O) groups is 2. The van der Waals surface area contributed by atoms with Gasteiger partial charge in [0.25, 0.3) is 11.8 Å². The van der Waals surface area contributed by atoms with Gasteiger partial charge in [-0.2, -0.15) is 0 Å². The van der Waals surface area contributed by atoms with Gasteiger partial charge < -0.3 is 49.6 Å². The first kappa shape index (κ1) is 49.3. The number of carbonyl (C=O) groups excluding carboxylic acids is 2. The van der Waals surface area contributed by atoms with Gasteiger partial charge in [0.15, 0.2) is 13.2 Å². The quantitative estimate of drug-likeness (QED) is 0.101. The van der Waals surface area contributed by atoms with Crippen LogP contribution in [0, 0.1) is 0 Å². The second-order valence-electron chi connectivity index (χ2n) is 15.2. The van der Waals surface area contributed by atoms with Crippen molar-refractivity contribution in [1.82, 2.24) is 30.2 Å². The minimum atomic E-state index is -4.83. The summed E-state index contributed by atoms with van der Waals surface area (Å²) in [5, 5.41) is 9.97. The fourth-order valence-electron chi connectivity index (χ4n) is 6.89. The Kier molecular flexibility index (Phi) is 15.9. The van der Waals surface area contributed by atoms with Gasteiger partial charge in [-0.05, 0) is 80.7 Å². The minimum Gasteiger partial charge on any atom is -0.482 e. The molecule has 0 aliphatic carbocycles. The summed E-state index contributed by atoms with van der Waals surface area (Å²) < 4.78 is 92.0. The molecule has 16 nitrogen and oxygen atoms in total. The van der Waals surface area contributed by atoms with Crippen molar-refractivity contribution in [3.8, 4) is 23.0 Å². The molecule has 4 aromatic carbocycles. The molecule has 0 spiro atoms. The molecule has 3 N–H and O–H groups in total. The number of piperazine rings is 1. The third-order valence-electron chi connectivity index (χ3n) is 10.1. The second-order valence-corrected chi connectivity index (χ2v) is 16.0. The molecule has 2 saturated heterocycles. The summed E-state index contributed by atoms with van der Waals surface area (Å²) in [6.07, 6.45) is -5.19. The maximum absolute atomic E-state index is 12.3. The Morgan fingerprint density at radius 1 is 0.632 bits per heavy atom. The van der Waals surface area contributed by atoms with Crippen LogP contribution in [0.25, 0.3) is 21.8 Å². The van der Waals surface area contributed by atoms with E-state index >= 15 is 0 Å². The molecule has 0 saturated carbocycles. The highest BCUT2D eigenvalue weighted by molar-refractivity contribution is 6.32. The average molecular weight is 992 g/mol. The van der Waals surface area contributed by atoms with Gasteiger partial charge in [-0.25, -0.2) is 19.9 Å². The summed E-state index contributed by atoms with van der Waals surface area (Å²) in [4.78, 5) is 49.3. The standard InChI is InChI=1S/C23H23ClF3N5O3.C21H19ClF3N5O3/c1-31-7-2-8-32(10-9-31)22-28-13-15-11-16(3-5-19(15)30-22)29-21(33)14-34-20-6-4-17(12-18(20)24)35-23(25,26)27;22-16-10-15(33-21(23,24)25)2-4-18(16)32-12-19(31)28-14-1-3-17-13(9-14)11-27-20(29-17)30-7-5-26-6-8-30/h3-6,11-13H,2,7-10,14H2,1H3,(H,29,33);1-4,9-11,26H,5-8,12H2,(H,28,31). The Bertz CT molecular complexity index is 2730. The fraction of sp³-hybridized carbons (Fsp3) is 0.318. The fourth-order valence-corrected chi connectivity index (χ4v) is 7.34. The summed E-state index contributed by atoms with van der Waals surface area (Å²) in [5.41, 5.74) is 2.56. The highest BCUT2D eigenvalue weighted by Gasteiger charge is 2.32. The van der Waals surface area contributed by atoms with E-state index in [1.165, 1.54) is 12.1 Å². The van der Waals surface area contributed by atoms with Gasteiger partial charge >= 0.3 is 12.7 Å². The van der Waals surface area contributed by atoms with Crippen molar-refractivity contribution in [3.05, 3.63) is 95.2 Å². The SMILES string of the molecule is CN1CCCN(c2ncc3cc(NC(=O)COc4ccc(OC(F)(F)F)cc4Cl)ccc3n2)CC1.O=C(COc1ccc(OC(F)(F)F)cc1Cl)Nc1ccc2nc(N3CCNCC3)ncc2c1. The first-order chi connectivity index (χ1) is 32.4. The summed E-state index contributed by atoms with van der Waals surface area (Å²) in [6, 6.07) is 16.9. The lowest BCUT2D eigenvalue weighted by atomic mass is 10.2. The van der Waals surface area contributed by atoms with E-state index < -0.39 is 49.3 Å². The van der Waals surface area contributed by atoms with Crippen LogP contribution in [-0.4, -0.2) is 122 Å². The summed E-state index contributed by atoms with van der Waals surface area (Å²) in [5.74, 6) is -0.461. The van der Waals surface area contributed by atoms with Crippen molar-refractivity contribution in [3.63, 3.8) is 0 Å². The Hall–Kier alpha value is -6.62. The van der Waals surface area contributed by atoms with E-state index in [-0.39, 0.29) is 21.5 Å². The predicted octanol–water partition coefficient (Wildman–Crippen LogP) is 7.95. The molecule has 24 heteroatoms. The average Bonchev–Trinajstić information content (AvgIpc) is 3.51. The van der Waals surface area contributed by atoms with Crippen molar-refractivity contribution in [2.24, 2.45) is 0 Å². The second kappa shape index (κ2) is 22.0. The Morgan fingerprint density at radius 3 is 1.56 bits per heavy atom. The highest BCUT2D eigenvalue weighted by atomic mass is 35.5. The number of hydrogen-bond acceptors (Lipinski definition) is 14. The molecule has 6 aromatic rings. The van der Waals surface area contributed by atoms with E-state index in [1.807, 2.05) is 0 Å². The molecular formula is C44H42Cl2F6N10O6. The number of fused-ring (bicyclic) bond motifs is 2. The molecular weight excluding hydrogens is 949 g/mol. The number of halogens is 8. The summed E-state index contributed by atoms with van der Waals surface area (Å²) >= 11 is 11.8. The molecule has 0 atom stereocenters. The molecule has 2 amide bonds. The predicted molar refractivity (Wildman–Crippen MR) is 243 cm³/mol. The molecule has 0 unspecified atom stereocenters. The monoisotopic (exact) mass is 990 g/mol. The maximum Gasteiger partial charge on any atom is 0.573 e. The molecule has 2 aromatic heterocycles. The van der Waals surface area contributed by atoms with Crippen LogP contribution in [0.15, 0.2) is 85.2 Å². The van der Waals surface area contributed by atoms with Gasteiger partial charge in [0.2, 0.25) is 11.9 Å². The van der Waals surface area contributed by atoms with Crippen LogP contribution in [0.5, 0.6) is 23.0 Å². The zero-order chi connectivity index (χ0) is 48.4. The normalized spacial score (nSPS) is 14.7. The maximum atomic E-state index is 12.3. The van der Waals surface area contributed by atoms with E-state index in [0.717, 1.165) is 105 Å². The smallest absolute Gasteiger partial charge is 0.482 e. The molecule has 2 aliphatic rings. The number of rotatable bonds is 12. The number of benzene rings is 4. The van der Waals surface area contributed by atoms with E-state index in [9.17, 15) is 35.9 Å². The van der Waals surface area contributed by atoms with Crippen LogP contribution < -0.4 is 44.7 Å². The molecule has 0 bridgehead atoms. The first-order valence-corrected chi connectivity index (χ1v) is 21.6. The van der Waals surface area contributed by atoms with Gasteiger partial charge in [0.05, 0.1) is 21.1 Å². The van der Waals surface area contributed by atoms with E-state index in [4.69, 9.17) is 32.7 Å². The number of nitrogens with one attached hydrogen (secondary N) is 3. The number of alkyl halides is 6. The van der Waals surface area contributed by atoms with Crippen LogP contribution in [0.1, 0.15) is 6.42 Å². The third kappa shape index (κ3) is 14.4. The molecule has 0 radical (unpaired) electrons. The van der Waals surface area contributed by atoms with Crippen LogP contribution >= 0.6 is 23.2 Å². The zero-order valence-corrected chi connectivity index (χ0v) is 37.5. The lowest BCUT2D eigenvalue weighted by molar-refractivity contribution is -0.275. The number of anilines is 4. The van der Waals surface area contributed by atoms with Crippen molar-refractivity contribution in [2.75, 3.05) is 93.1 Å². The van der Waals surface area contributed by atoms with Gasteiger partial charge in [-0.3, -0.25) is 9.59 Å². The number of nitrogens with zero attached hydrogens (tertiary/aromatic N) is 7. The van der Waals surface area contributed by atoms with Gasteiger partial charge in [-0.1, -0.05) is 23.2 Å². The Balaban J connectivity index is 0.000000202. The van der Waals surface area contributed by atoms with Gasteiger partial charge in [0.1, 0.15) is 23.0 Å². The van der Waals surface area contributed by atoms with Crippen molar-refractivity contribution < 1.29 is 54.9 Å². The van der Waals surface area contributed by atoms with Crippen LogP contribution in [0.2, 0.25) is 10.0 Å². The number of ether oxygens (including phenoxy) is 4. The first-order valence-electron chi connectivity index (χ1n) is 20.8. The molecule has 360 valence electrons. The molecule has 2 fully saturated rings. The Labute approximate surface area is 394 Å². The van der Waals surface area contributed by atoms with Crippen molar-refractivity contribution >= 4 is 80.1 Å².